The smallest absolute Gasteiger partial charge is 0.0719 e. The first-order chi connectivity index (χ1) is 25.8. The molecule has 0 radical (unpaired) electrons. The molecule has 0 nitrogen and oxygen atoms in total. The fourth-order valence-electron chi connectivity index (χ4n) is 8.96. The second-order valence-corrected chi connectivity index (χ2v) is 15.1. The first kappa shape index (κ1) is 29.5. The predicted molar refractivity (Wildman–Crippen MR) is 223 cm³/mol. The Hall–Kier alpha value is -6.28. The van der Waals surface area contributed by atoms with E-state index in [1.54, 1.807) is 0 Å². The third kappa shape index (κ3) is 4.27. The minimum Gasteiger partial charge on any atom is -0.135 e. The maximum Gasteiger partial charge on any atom is 0.0719 e. The van der Waals surface area contributed by atoms with Gasteiger partial charge >= 0.3 is 0 Å². The molecule has 9 aromatic carbocycles. The Kier molecular flexibility index (Phi) is 6.44. The Morgan fingerprint density at radius 3 is 1.56 bits per heavy atom. The zero-order valence-electron chi connectivity index (χ0n) is 28.4. The topological polar surface area (TPSA) is 0 Å². The van der Waals surface area contributed by atoms with Gasteiger partial charge in [0.2, 0.25) is 0 Å². The van der Waals surface area contributed by atoms with Crippen LogP contribution in [0.15, 0.2) is 194 Å². The normalized spacial score (nSPS) is 13.2. The highest BCUT2D eigenvalue weighted by Crippen LogP contribution is 2.58. The number of rotatable bonds is 4. The van der Waals surface area contributed by atoms with E-state index in [4.69, 9.17) is 0 Å². The zero-order chi connectivity index (χ0) is 34.2. The molecular formula is C51H32S. The molecule has 10 aromatic rings. The fraction of sp³-hybridized carbons (Fsp3) is 0.0196. The van der Waals surface area contributed by atoms with Crippen LogP contribution in [0.2, 0.25) is 0 Å². The number of thiophene rings is 1. The van der Waals surface area contributed by atoms with Gasteiger partial charge in [0.1, 0.15) is 0 Å². The van der Waals surface area contributed by atoms with Crippen molar-refractivity contribution >= 4 is 53.1 Å². The molecule has 1 aromatic heterocycles. The monoisotopic (exact) mass is 676 g/mol. The predicted octanol–water partition coefficient (Wildman–Crippen LogP) is 14.1. The molecule has 242 valence electrons. The molecule has 52 heavy (non-hydrogen) atoms. The molecule has 1 heteroatoms. The van der Waals surface area contributed by atoms with Gasteiger partial charge in [0.05, 0.1) is 5.41 Å². The molecule has 0 saturated heterocycles. The van der Waals surface area contributed by atoms with E-state index < -0.39 is 5.41 Å². The van der Waals surface area contributed by atoms with Gasteiger partial charge in [0.25, 0.3) is 0 Å². The van der Waals surface area contributed by atoms with Crippen molar-refractivity contribution in [3.8, 4) is 33.4 Å². The van der Waals surface area contributed by atoms with Gasteiger partial charge in [-0.3, -0.25) is 0 Å². The fourth-order valence-corrected chi connectivity index (χ4v) is 10.0. The van der Waals surface area contributed by atoms with E-state index in [1.165, 1.54) is 97.4 Å². The molecule has 0 amide bonds. The van der Waals surface area contributed by atoms with Gasteiger partial charge in [-0.05, 0) is 114 Å². The second kappa shape index (κ2) is 11.4. The lowest BCUT2D eigenvalue weighted by Crippen LogP contribution is -2.28. The number of benzene rings is 9. The summed E-state index contributed by atoms with van der Waals surface area (Å²) in [4.78, 5) is 0. The van der Waals surface area contributed by atoms with Crippen LogP contribution in [-0.4, -0.2) is 0 Å². The van der Waals surface area contributed by atoms with Crippen LogP contribution in [0, 0.1) is 0 Å². The van der Waals surface area contributed by atoms with Crippen molar-refractivity contribution in [3.63, 3.8) is 0 Å². The van der Waals surface area contributed by atoms with Crippen LogP contribution in [0.3, 0.4) is 0 Å². The van der Waals surface area contributed by atoms with E-state index in [2.05, 4.69) is 194 Å². The highest BCUT2D eigenvalue weighted by atomic mass is 32.1. The Balaban J connectivity index is 1.07. The van der Waals surface area contributed by atoms with Gasteiger partial charge in [-0.1, -0.05) is 158 Å². The number of fused-ring (bicyclic) bond motifs is 9. The van der Waals surface area contributed by atoms with Crippen LogP contribution in [-0.2, 0) is 5.41 Å². The molecule has 1 aliphatic carbocycles. The number of hydrogen-bond donors (Lipinski definition) is 0. The van der Waals surface area contributed by atoms with Crippen molar-refractivity contribution in [2.45, 2.75) is 5.41 Å². The summed E-state index contributed by atoms with van der Waals surface area (Å²) in [7, 11) is 0. The standard InChI is InChI=1S/C51H32S/c1-3-11-40(12-4-1)51(41-13-5-2-6-14-41)47-17-9-7-15-42(47)44-27-25-33-19-20-38(31-45(33)50(44)51)36-23-21-35-30-37(24-22-34(35)29-36)39-26-28-49-46(32-39)43-16-8-10-18-48(43)52-49/h1-32H. The minimum absolute atomic E-state index is 0.440. The maximum absolute atomic E-state index is 2.44. The molecule has 0 bridgehead atoms. The van der Waals surface area contributed by atoms with Crippen LogP contribution in [0.4, 0.5) is 0 Å². The molecule has 0 saturated carbocycles. The molecule has 11 rings (SSSR count). The van der Waals surface area contributed by atoms with E-state index >= 15 is 0 Å². The molecule has 0 fully saturated rings. The summed E-state index contributed by atoms with van der Waals surface area (Å²) in [5, 5.41) is 7.73. The Bertz CT molecular complexity index is 2960. The van der Waals surface area contributed by atoms with Crippen LogP contribution < -0.4 is 0 Å². The Morgan fingerprint density at radius 2 is 0.846 bits per heavy atom. The molecule has 1 heterocycles. The van der Waals surface area contributed by atoms with Crippen molar-refractivity contribution in [2.75, 3.05) is 0 Å². The van der Waals surface area contributed by atoms with Crippen LogP contribution in [0.5, 0.6) is 0 Å². The summed E-state index contributed by atoms with van der Waals surface area (Å²) < 4.78 is 2.68. The second-order valence-electron chi connectivity index (χ2n) is 14.0. The van der Waals surface area contributed by atoms with E-state index in [0.717, 1.165) is 0 Å². The minimum atomic E-state index is -0.440. The van der Waals surface area contributed by atoms with Crippen molar-refractivity contribution in [1.82, 2.24) is 0 Å². The summed E-state index contributed by atoms with van der Waals surface area (Å²) >= 11 is 1.87. The average Bonchev–Trinajstić information content (AvgIpc) is 3.75. The largest absolute Gasteiger partial charge is 0.135 e. The third-order valence-corrected chi connectivity index (χ3v) is 12.5. The average molecular weight is 677 g/mol. The molecule has 0 spiro atoms. The lowest BCUT2D eigenvalue weighted by Gasteiger charge is -2.34. The first-order valence-corrected chi connectivity index (χ1v) is 18.8. The van der Waals surface area contributed by atoms with Crippen molar-refractivity contribution in [3.05, 3.63) is 216 Å². The van der Waals surface area contributed by atoms with Crippen LogP contribution in [0.25, 0.3) is 75.1 Å². The quantitative estimate of drug-likeness (QED) is 0.174. The molecule has 1 aliphatic rings. The summed E-state index contributed by atoms with van der Waals surface area (Å²) in [6, 6.07) is 72.4. The van der Waals surface area contributed by atoms with Gasteiger partial charge in [-0.15, -0.1) is 11.3 Å². The summed E-state index contributed by atoms with van der Waals surface area (Å²) in [5.74, 6) is 0. The van der Waals surface area contributed by atoms with E-state index in [1.807, 2.05) is 11.3 Å². The van der Waals surface area contributed by atoms with E-state index in [0.29, 0.717) is 0 Å². The summed E-state index contributed by atoms with van der Waals surface area (Å²) in [6.07, 6.45) is 0. The van der Waals surface area contributed by atoms with Gasteiger partial charge in [-0.25, -0.2) is 0 Å². The van der Waals surface area contributed by atoms with Gasteiger partial charge < -0.3 is 0 Å². The lowest BCUT2D eigenvalue weighted by atomic mass is 9.66. The third-order valence-electron chi connectivity index (χ3n) is 11.3. The van der Waals surface area contributed by atoms with Crippen LogP contribution in [0.1, 0.15) is 22.3 Å². The lowest BCUT2D eigenvalue weighted by molar-refractivity contribution is 0.775. The highest BCUT2D eigenvalue weighted by molar-refractivity contribution is 7.25. The first-order valence-electron chi connectivity index (χ1n) is 18.0. The molecule has 0 N–H and O–H groups in total. The summed E-state index contributed by atoms with van der Waals surface area (Å²) in [5.41, 5.74) is 12.4. The van der Waals surface area contributed by atoms with Gasteiger partial charge in [0, 0.05) is 20.2 Å². The van der Waals surface area contributed by atoms with Crippen molar-refractivity contribution in [1.29, 1.82) is 0 Å². The maximum atomic E-state index is 2.44. The highest BCUT2D eigenvalue weighted by Gasteiger charge is 2.46. The SMILES string of the molecule is c1ccc(C2(c3ccccc3)c3ccccc3-c3ccc4ccc(-c5ccc6cc(-c7ccc8sc9ccccc9c8c7)ccc6c5)cc4c32)cc1. The Morgan fingerprint density at radius 1 is 0.327 bits per heavy atom. The molecule has 0 aliphatic heterocycles. The summed E-state index contributed by atoms with van der Waals surface area (Å²) in [6.45, 7) is 0. The van der Waals surface area contributed by atoms with Crippen molar-refractivity contribution in [2.24, 2.45) is 0 Å². The van der Waals surface area contributed by atoms with E-state index in [-0.39, 0.29) is 0 Å². The Labute approximate surface area is 306 Å². The molecular weight excluding hydrogens is 645 g/mol. The molecule has 0 atom stereocenters. The van der Waals surface area contributed by atoms with Gasteiger partial charge in [-0.2, -0.15) is 0 Å². The van der Waals surface area contributed by atoms with Crippen LogP contribution >= 0.6 is 11.3 Å². The zero-order valence-corrected chi connectivity index (χ0v) is 29.2. The molecule has 0 unspecified atom stereocenters. The number of hydrogen-bond acceptors (Lipinski definition) is 1. The van der Waals surface area contributed by atoms with Gasteiger partial charge in [0.15, 0.2) is 0 Å². The van der Waals surface area contributed by atoms with Crippen molar-refractivity contribution < 1.29 is 0 Å². The van der Waals surface area contributed by atoms with E-state index in [9.17, 15) is 0 Å².